The monoisotopic (exact) mass is 293 g/mol. The number of carbonyl (C=O) groups is 1. The van der Waals surface area contributed by atoms with Crippen LogP contribution in [0, 0.1) is 0 Å². The smallest absolute Gasteiger partial charge is 0.317 e. The minimum Gasteiger partial charge on any atom is -0.334 e. The quantitative estimate of drug-likeness (QED) is 0.825. The molecule has 1 aliphatic heterocycles. The van der Waals surface area contributed by atoms with E-state index in [9.17, 15) is 4.79 Å². The predicted octanol–water partition coefficient (Wildman–Crippen LogP) is 1.48. The van der Waals surface area contributed by atoms with E-state index in [1.54, 1.807) is 0 Å². The zero-order chi connectivity index (χ0) is 14.4. The van der Waals surface area contributed by atoms with Crippen molar-refractivity contribution in [2.75, 3.05) is 39.0 Å². The minimum atomic E-state index is 0.0353. The lowest BCUT2D eigenvalue weighted by molar-refractivity contribution is 0.152. The van der Waals surface area contributed by atoms with Crippen LogP contribution in [0.5, 0.6) is 0 Å². The molecule has 0 spiro atoms. The van der Waals surface area contributed by atoms with Crippen molar-refractivity contribution in [1.29, 1.82) is 0 Å². The molecule has 1 heterocycles. The summed E-state index contributed by atoms with van der Waals surface area (Å²) in [4.78, 5) is 16.4. The topological polar surface area (TPSA) is 35.6 Å². The Balaban J connectivity index is 1.85. The summed E-state index contributed by atoms with van der Waals surface area (Å²) in [5.74, 6) is 0.647. The van der Waals surface area contributed by atoms with Crippen molar-refractivity contribution < 1.29 is 4.79 Å². The van der Waals surface area contributed by atoms with Crippen molar-refractivity contribution in [3.63, 3.8) is 0 Å². The fourth-order valence-electron chi connectivity index (χ4n) is 2.34. The highest BCUT2D eigenvalue weighted by molar-refractivity contribution is 7.80. The first-order valence-corrected chi connectivity index (χ1v) is 7.71. The summed E-state index contributed by atoms with van der Waals surface area (Å²) in [5.41, 5.74) is 1.23. The number of hydrogen-bond acceptors (Lipinski definition) is 3. The summed E-state index contributed by atoms with van der Waals surface area (Å²) in [5, 5.41) is 3.09. The van der Waals surface area contributed by atoms with Crippen molar-refractivity contribution in [1.82, 2.24) is 15.1 Å². The molecular weight excluding hydrogens is 270 g/mol. The maximum Gasteiger partial charge on any atom is 0.317 e. The molecule has 0 aliphatic carbocycles. The van der Waals surface area contributed by atoms with Crippen LogP contribution in [0.3, 0.4) is 0 Å². The first-order chi connectivity index (χ1) is 9.69. The van der Waals surface area contributed by atoms with E-state index in [1.165, 1.54) is 5.56 Å². The molecule has 2 rings (SSSR count). The lowest BCUT2D eigenvalue weighted by Crippen LogP contribution is -2.53. The number of thiol groups is 1. The second kappa shape index (κ2) is 7.55. The number of hydrogen-bond donors (Lipinski definition) is 2. The normalized spacial score (nSPS) is 17.8. The van der Waals surface area contributed by atoms with Gasteiger partial charge < -0.3 is 15.1 Å². The van der Waals surface area contributed by atoms with E-state index < -0.39 is 0 Å². The number of carbonyl (C=O) groups excluding carboxylic acids is 1. The zero-order valence-corrected chi connectivity index (χ0v) is 12.9. The van der Waals surface area contributed by atoms with Gasteiger partial charge >= 0.3 is 6.03 Å². The molecule has 0 radical (unpaired) electrons. The third-order valence-corrected chi connectivity index (χ3v) is 4.10. The number of piperazine rings is 1. The van der Waals surface area contributed by atoms with Crippen molar-refractivity contribution in [2.45, 2.75) is 12.5 Å². The van der Waals surface area contributed by atoms with Crippen LogP contribution in [0.15, 0.2) is 30.3 Å². The standard InChI is InChI=1S/C15H23N3OS/c1-17-7-9-18(10-8-17)15(19)16-14(12-20)11-13-5-3-2-4-6-13/h2-6,14,20H,7-12H2,1H3,(H,16,19). The molecule has 110 valence electrons. The molecule has 1 aromatic carbocycles. The highest BCUT2D eigenvalue weighted by Gasteiger charge is 2.21. The van der Waals surface area contributed by atoms with Crippen molar-refractivity contribution in [3.8, 4) is 0 Å². The maximum atomic E-state index is 12.2. The van der Waals surface area contributed by atoms with Gasteiger partial charge in [0, 0.05) is 38.0 Å². The summed E-state index contributed by atoms with van der Waals surface area (Å²) in [6.45, 7) is 3.48. The lowest BCUT2D eigenvalue weighted by Gasteiger charge is -2.33. The molecule has 0 bridgehead atoms. The van der Waals surface area contributed by atoms with Gasteiger partial charge in [-0.15, -0.1) is 0 Å². The summed E-state index contributed by atoms with van der Waals surface area (Å²) < 4.78 is 0. The Kier molecular flexibility index (Phi) is 5.73. The van der Waals surface area contributed by atoms with Crippen LogP contribution in [0.25, 0.3) is 0 Å². The van der Waals surface area contributed by atoms with Crippen LogP contribution in [0.2, 0.25) is 0 Å². The fraction of sp³-hybridized carbons (Fsp3) is 0.533. The van der Waals surface area contributed by atoms with Gasteiger partial charge in [-0.1, -0.05) is 30.3 Å². The predicted molar refractivity (Wildman–Crippen MR) is 85.4 cm³/mol. The maximum absolute atomic E-state index is 12.2. The van der Waals surface area contributed by atoms with E-state index in [2.05, 4.69) is 42.0 Å². The number of amides is 2. The van der Waals surface area contributed by atoms with Crippen LogP contribution in [0.4, 0.5) is 4.79 Å². The van der Waals surface area contributed by atoms with Gasteiger partial charge in [-0.25, -0.2) is 4.79 Å². The van der Waals surface area contributed by atoms with E-state index in [1.807, 2.05) is 23.1 Å². The average molecular weight is 293 g/mol. The van der Waals surface area contributed by atoms with Crippen LogP contribution in [-0.2, 0) is 6.42 Å². The van der Waals surface area contributed by atoms with Crippen LogP contribution >= 0.6 is 12.6 Å². The number of likely N-dealkylation sites (N-methyl/N-ethyl adjacent to an activating group) is 1. The average Bonchev–Trinajstić information content (AvgIpc) is 2.48. The van der Waals surface area contributed by atoms with Crippen LogP contribution in [0.1, 0.15) is 5.56 Å². The summed E-state index contributed by atoms with van der Waals surface area (Å²) in [7, 11) is 2.08. The third kappa shape index (κ3) is 4.42. The second-order valence-electron chi connectivity index (χ2n) is 5.31. The molecule has 2 amide bonds. The number of rotatable bonds is 4. The van der Waals surface area contributed by atoms with Gasteiger partial charge in [0.1, 0.15) is 0 Å². The van der Waals surface area contributed by atoms with Crippen molar-refractivity contribution >= 4 is 18.7 Å². The summed E-state index contributed by atoms with van der Waals surface area (Å²) in [6.07, 6.45) is 0.823. The first kappa shape index (κ1) is 15.2. The highest BCUT2D eigenvalue weighted by Crippen LogP contribution is 2.06. The second-order valence-corrected chi connectivity index (χ2v) is 5.67. The van der Waals surface area contributed by atoms with Gasteiger partial charge in [0.15, 0.2) is 0 Å². The van der Waals surface area contributed by atoms with Gasteiger partial charge in [-0.2, -0.15) is 12.6 Å². The molecule has 1 aromatic rings. The Morgan fingerprint density at radius 1 is 1.25 bits per heavy atom. The zero-order valence-electron chi connectivity index (χ0n) is 12.0. The van der Waals surface area contributed by atoms with E-state index in [0.29, 0.717) is 5.75 Å². The molecule has 20 heavy (non-hydrogen) atoms. The molecule has 1 atom stereocenters. The number of nitrogens with one attached hydrogen (secondary N) is 1. The summed E-state index contributed by atoms with van der Waals surface area (Å²) >= 11 is 4.36. The largest absolute Gasteiger partial charge is 0.334 e. The molecule has 0 aromatic heterocycles. The molecule has 1 fully saturated rings. The fourth-order valence-corrected chi connectivity index (χ4v) is 2.56. The number of urea groups is 1. The van der Waals surface area contributed by atoms with Gasteiger partial charge in [0.25, 0.3) is 0 Å². The van der Waals surface area contributed by atoms with Crippen molar-refractivity contribution in [3.05, 3.63) is 35.9 Å². The van der Waals surface area contributed by atoms with Gasteiger partial charge in [-0.3, -0.25) is 0 Å². The Labute approximate surface area is 126 Å². The van der Waals surface area contributed by atoms with E-state index >= 15 is 0 Å². The lowest BCUT2D eigenvalue weighted by atomic mass is 10.1. The van der Waals surface area contributed by atoms with Gasteiger partial charge in [0.05, 0.1) is 0 Å². The molecule has 5 heteroatoms. The van der Waals surface area contributed by atoms with E-state index in [0.717, 1.165) is 32.6 Å². The Morgan fingerprint density at radius 3 is 2.50 bits per heavy atom. The highest BCUT2D eigenvalue weighted by atomic mass is 32.1. The molecule has 1 aliphatic rings. The van der Waals surface area contributed by atoms with Gasteiger partial charge in [0.2, 0.25) is 0 Å². The molecular formula is C15H23N3OS. The Hall–Kier alpha value is -1.20. The van der Waals surface area contributed by atoms with E-state index in [4.69, 9.17) is 0 Å². The molecule has 1 N–H and O–H groups in total. The molecule has 1 saturated heterocycles. The molecule has 4 nitrogen and oxygen atoms in total. The van der Waals surface area contributed by atoms with Crippen molar-refractivity contribution in [2.24, 2.45) is 0 Å². The minimum absolute atomic E-state index is 0.0353. The molecule has 1 unspecified atom stereocenters. The van der Waals surface area contributed by atoms with E-state index in [-0.39, 0.29) is 12.1 Å². The Morgan fingerprint density at radius 2 is 1.90 bits per heavy atom. The van der Waals surface area contributed by atoms with Crippen LogP contribution in [-0.4, -0.2) is 60.9 Å². The number of benzene rings is 1. The van der Waals surface area contributed by atoms with Gasteiger partial charge in [-0.05, 0) is 19.0 Å². The SMILES string of the molecule is CN1CCN(C(=O)NC(CS)Cc2ccccc2)CC1. The molecule has 0 saturated carbocycles. The Bertz CT molecular complexity index is 418. The number of nitrogens with zero attached hydrogens (tertiary/aromatic N) is 2. The van der Waals surface area contributed by atoms with Crippen LogP contribution < -0.4 is 5.32 Å². The summed E-state index contributed by atoms with van der Waals surface area (Å²) in [6, 6.07) is 10.3. The first-order valence-electron chi connectivity index (χ1n) is 7.08. The third-order valence-electron chi connectivity index (χ3n) is 3.66.